The molecule has 0 bridgehead atoms. The lowest BCUT2D eigenvalue weighted by molar-refractivity contribution is 0.0697. The number of aromatic hydroxyl groups is 1. The summed E-state index contributed by atoms with van der Waals surface area (Å²) < 4.78 is 1.85. The number of anilines is 1. The number of nitrogens with one attached hydrogen (secondary N) is 1. The average Bonchev–Trinajstić information content (AvgIpc) is 3.22. The van der Waals surface area contributed by atoms with Gasteiger partial charge in [0.05, 0.1) is 11.1 Å². The Kier molecular flexibility index (Phi) is 10.3. The maximum atomic E-state index is 12.4. The lowest BCUT2D eigenvalue weighted by Gasteiger charge is -2.07. The first kappa shape index (κ1) is 28.9. The SMILES string of the molecule is CCCCCCCn1c(O)c(N=NC(=O)Nc2ccccc2)c2cc(SCCc3ccc(C(=O)O)cc3)ccc21. The number of hydrogen-bond acceptors (Lipinski definition) is 5. The summed E-state index contributed by atoms with van der Waals surface area (Å²) in [4.78, 5) is 24.5. The van der Waals surface area contributed by atoms with Crippen LogP contribution in [-0.4, -0.2) is 32.5 Å². The van der Waals surface area contributed by atoms with Gasteiger partial charge in [0, 0.05) is 28.3 Å². The topological polar surface area (TPSA) is 116 Å². The molecule has 0 aliphatic heterocycles. The molecule has 9 heteroatoms. The standard InChI is InChI=1S/C31H34N4O4S/c1-2-3-4-5-9-19-35-27-17-16-25(40-20-18-22-12-14-23(15-13-22)30(37)38)21-26(27)28(29(35)36)33-34-31(39)32-24-10-7-6-8-11-24/h6-8,10-17,21,36H,2-5,9,18-20H2,1H3,(H,32,39)(H,37,38). The molecular weight excluding hydrogens is 524 g/mol. The highest BCUT2D eigenvalue weighted by Gasteiger charge is 2.18. The van der Waals surface area contributed by atoms with Crippen LogP contribution in [0.2, 0.25) is 0 Å². The van der Waals surface area contributed by atoms with Crippen molar-refractivity contribution in [3.05, 3.63) is 83.9 Å². The smallest absolute Gasteiger partial charge is 0.364 e. The Hall–Kier alpha value is -4.11. The molecule has 4 aromatic rings. The molecule has 208 valence electrons. The number of fused-ring (bicyclic) bond motifs is 1. The molecule has 0 spiro atoms. The number of nitrogens with zero attached hydrogens (tertiary/aromatic N) is 3. The summed E-state index contributed by atoms with van der Waals surface area (Å²) in [7, 11) is 0. The molecule has 0 saturated heterocycles. The van der Waals surface area contributed by atoms with Crippen LogP contribution in [0.4, 0.5) is 16.2 Å². The summed E-state index contributed by atoms with van der Waals surface area (Å²) in [5.74, 6) is -0.142. The van der Waals surface area contributed by atoms with Gasteiger partial charge in [0.1, 0.15) is 0 Å². The van der Waals surface area contributed by atoms with Crippen LogP contribution in [0.25, 0.3) is 10.9 Å². The van der Waals surface area contributed by atoms with Crippen LogP contribution in [0, 0.1) is 0 Å². The Bertz CT molecular complexity index is 1470. The van der Waals surface area contributed by atoms with Gasteiger partial charge in [0.2, 0.25) is 5.88 Å². The Balaban J connectivity index is 1.52. The van der Waals surface area contributed by atoms with E-state index >= 15 is 0 Å². The van der Waals surface area contributed by atoms with Gasteiger partial charge in [-0.2, -0.15) is 0 Å². The Morgan fingerprint density at radius 3 is 2.42 bits per heavy atom. The van der Waals surface area contributed by atoms with Crippen molar-refractivity contribution in [2.45, 2.75) is 56.9 Å². The monoisotopic (exact) mass is 558 g/mol. The normalized spacial score (nSPS) is 11.3. The Morgan fingerprint density at radius 1 is 0.950 bits per heavy atom. The zero-order valence-electron chi connectivity index (χ0n) is 22.5. The van der Waals surface area contributed by atoms with Gasteiger partial charge in [-0.3, -0.25) is 0 Å². The number of urea groups is 1. The predicted molar refractivity (Wildman–Crippen MR) is 160 cm³/mol. The van der Waals surface area contributed by atoms with E-state index in [2.05, 4.69) is 22.5 Å². The molecule has 3 aromatic carbocycles. The fourth-order valence-electron chi connectivity index (χ4n) is 4.46. The summed E-state index contributed by atoms with van der Waals surface area (Å²) in [6.07, 6.45) is 6.30. The first-order valence-corrected chi connectivity index (χ1v) is 14.5. The van der Waals surface area contributed by atoms with Gasteiger partial charge < -0.3 is 20.1 Å². The largest absolute Gasteiger partial charge is 0.493 e. The van der Waals surface area contributed by atoms with Gasteiger partial charge in [0.25, 0.3) is 0 Å². The van der Waals surface area contributed by atoms with Crippen molar-refractivity contribution in [2.75, 3.05) is 11.1 Å². The zero-order chi connectivity index (χ0) is 28.3. The van der Waals surface area contributed by atoms with E-state index in [0.717, 1.165) is 52.8 Å². The molecule has 2 amide bonds. The summed E-state index contributed by atoms with van der Waals surface area (Å²) >= 11 is 1.66. The fraction of sp³-hybridized carbons (Fsp3) is 0.290. The zero-order valence-corrected chi connectivity index (χ0v) is 23.4. The molecule has 0 atom stereocenters. The quantitative estimate of drug-likeness (QED) is 0.0862. The minimum absolute atomic E-state index is 0.00224. The minimum atomic E-state index is -0.934. The molecule has 1 aromatic heterocycles. The third kappa shape index (κ3) is 7.72. The lowest BCUT2D eigenvalue weighted by Crippen LogP contribution is -2.04. The molecule has 0 aliphatic rings. The molecule has 1 heterocycles. The number of rotatable bonds is 13. The molecule has 0 fully saturated rings. The van der Waals surface area contributed by atoms with Crippen LogP contribution in [0.3, 0.4) is 0 Å². The van der Waals surface area contributed by atoms with Gasteiger partial charge in [-0.15, -0.1) is 16.9 Å². The van der Waals surface area contributed by atoms with Crippen LogP contribution in [-0.2, 0) is 13.0 Å². The number of para-hydroxylation sites is 1. The highest BCUT2D eigenvalue weighted by Crippen LogP contribution is 2.41. The molecule has 0 radical (unpaired) electrons. The number of amides is 2. The van der Waals surface area contributed by atoms with Gasteiger partial charge >= 0.3 is 12.0 Å². The first-order chi connectivity index (χ1) is 19.5. The number of carbonyl (C=O) groups is 2. The van der Waals surface area contributed by atoms with Crippen molar-refractivity contribution in [1.29, 1.82) is 0 Å². The summed E-state index contributed by atoms with van der Waals surface area (Å²) in [6.45, 7) is 2.83. The number of carboxylic acids is 1. The second kappa shape index (κ2) is 14.3. The number of thioether (sulfide) groups is 1. The van der Waals surface area contributed by atoms with Gasteiger partial charge in [-0.05, 0) is 60.9 Å². The van der Waals surface area contributed by atoms with Crippen LogP contribution in [0.15, 0.2) is 87.9 Å². The number of aryl methyl sites for hydroxylation is 2. The number of aromatic carboxylic acids is 1. The van der Waals surface area contributed by atoms with Crippen molar-refractivity contribution in [3.8, 4) is 5.88 Å². The minimum Gasteiger partial charge on any atom is -0.493 e. The number of azo groups is 1. The highest BCUT2D eigenvalue weighted by molar-refractivity contribution is 7.99. The van der Waals surface area contributed by atoms with E-state index in [9.17, 15) is 14.7 Å². The summed E-state index contributed by atoms with van der Waals surface area (Å²) in [6, 6.07) is 21.3. The van der Waals surface area contributed by atoms with Crippen molar-refractivity contribution in [2.24, 2.45) is 10.2 Å². The number of unbranched alkanes of at least 4 members (excludes halogenated alkanes) is 4. The van der Waals surface area contributed by atoms with E-state index in [1.54, 1.807) is 36.0 Å². The maximum absolute atomic E-state index is 12.4. The van der Waals surface area contributed by atoms with Crippen LogP contribution >= 0.6 is 11.8 Å². The molecule has 3 N–H and O–H groups in total. The Morgan fingerprint density at radius 2 is 1.70 bits per heavy atom. The van der Waals surface area contributed by atoms with Gasteiger partial charge in [-0.1, -0.05) is 68.1 Å². The van der Waals surface area contributed by atoms with Crippen LogP contribution in [0.1, 0.15) is 54.9 Å². The van der Waals surface area contributed by atoms with Crippen LogP contribution in [0.5, 0.6) is 5.88 Å². The van der Waals surface area contributed by atoms with Crippen molar-refractivity contribution < 1.29 is 19.8 Å². The van der Waals surface area contributed by atoms with E-state index in [1.807, 2.05) is 53.1 Å². The highest BCUT2D eigenvalue weighted by atomic mass is 32.2. The molecule has 40 heavy (non-hydrogen) atoms. The molecule has 8 nitrogen and oxygen atoms in total. The summed E-state index contributed by atoms with van der Waals surface area (Å²) in [5, 5.41) is 31.6. The third-order valence-corrected chi connectivity index (χ3v) is 7.59. The second-order valence-corrected chi connectivity index (χ2v) is 10.7. The summed E-state index contributed by atoms with van der Waals surface area (Å²) in [5.41, 5.74) is 3.07. The van der Waals surface area contributed by atoms with Crippen molar-refractivity contribution in [3.63, 3.8) is 0 Å². The molecule has 0 saturated carbocycles. The molecule has 4 rings (SSSR count). The average molecular weight is 559 g/mol. The number of hydrogen-bond donors (Lipinski definition) is 3. The number of carbonyl (C=O) groups excluding carboxylic acids is 1. The second-order valence-electron chi connectivity index (χ2n) is 9.51. The van der Waals surface area contributed by atoms with Gasteiger partial charge in [-0.25, -0.2) is 9.59 Å². The van der Waals surface area contributed by atoms with E-state index in [1.165, 1.54) is 12.8 Å². The van der Waals surface area contributed by atoms with Crippen molar-refractivity contribution in [1.82, 2.24) is 4.57 Å². The van der Waals surface area contributed by atoms with Crippen LogP contribution < -0.4 is 5.32 Å². The van der Waals surface area contributed by atoms with Gasteiger partial charge in [0.15, 0.2) is 5.69 Å². The fourth-order valence-corrected chi connectivity index (χ4v) is 5.40. The van der Waals surface area contributed by atoms with E-state index in [-0.39, 0.29) is 17.1 Å². The molecule has 0 aliphatic carbocycles. The van der Waals surface area contributed by atoms with Crippen molar-refractivity contribution >= 4 is 46.0 Å². The number of aromatic nitrogens is 1. The maximum Gasteiger partial charge on any atom is 0.364 e. The molecule has 0 unspecified atom stereocenters. The third-order valence-electron chi connectivity index (χ3n) is 6.59. The van der Waals surface area contributed by atoms with E-state index in [4.69, 9.17) is 5.11 Å². The first-order valence-electron chi connectivity index (χ1n) is 13.5. The Labute approximate surface area is 238 Å². The molecular formula is C31H34N4O4S. The number of benzene rings is 3. The number of carboxylic acid groups (broad SMARTS) is 1. The predicted octanol–water partition coefficient (Wildman–Crippen LogP) is 8.67. The van der Waals surface area contributed by atoms with E-state index in [0.29, 0.717) is 12.2 Å². The lowest BCUT2D eigenvalue weighted by atomic mass is 10.1. The van der Waals surface area contributed by atoms with E-state index < -0.39 is 12.0 Å².